The molecule has 2 aromatic rings. The summed E-state index contributed by atoms with van der Waals surface area (Å²) in [5.41, 5.74) is 3.28. The lowest BCUT2D eigenvalue weighted by Gasteiger charge is -2.31. The van der Waals surface area contributed by atoms with Gasteiger partial charge in [0.2, 0.25) is 0 Å². The summed E-state index contributed by atoms with van der Waals surface area (Å²) in [7, 11) is 0. The Hall–Kier alpha value is -2.46. The van der Waals surface area contributed by atoms with Crippen molar-refractivity contribution in [2.75, 3.05) is 6.26 Å². The molecule has 23 heavy (non-hydrogen) atoms. The number of hydrogen-bond donors (Lipinski definition) is 0. The lowest BCUT2D eigenvalue weighted by molar-refractivity contribution is -0.105. The summed E-state index contributed by atoms with van der Waals surface area (Å²) in [6.07, 6.45) is 7.55. The van der Waals surface area contributed by atoms with E-state index in [1.807, 2.05) is 48.7 Å². The largest absolute Gasteiger partial charge is 0.443 e. The van der Waals surface area contributed by atoms with Gasteiger partial charge in [0.15, 0.2) is 0 Å². The number of thioether (sulfide) groups is 1. The SMILES string of the molecule is C=Cc1cc2c(c(SC)c1)OC1(C=C2)OC(=O)c2ccccc21. The number of benzene rings is 2. The standard InChI is InChI=1S/C19H14O3S/c1-3-12-10-13-8-9-19(21-17(13)16(11-12)23-2)15-7-5-4-6-14(15)18(20)22-19/h3-11H,1H2,2H3. The van der Waals surface area contributed by atoms with Gasteiger partial charge in [0.05, 0.1) is 16.0 Å². The molecule has 0 radical (unpaired) electrons. The molecule has 0 fully saturated rings. The third kappa shape index (κ3) is 2.02. The van der Waals surface area contributed by atoms with Gasteiger partial charge in [0, 0.05) is 11.6 Å². The zero-order chi connectivity index (χ0) is 16.0. The number of ether oxygens (including phenoxy) is 2. The van der Waals surface area contributed by atoms with E-state index >= 15 is 0 Å². The molecule has 1 unspecified atom stereocenters. The van der Waals surface area contributed by atoms with Crippen LogP contribution in [0.2, 0.25) is 0 Å². The Morgan fingerprint density at radius 3 is 2.83 bits per heavy atom. The fourth-order valence-electron chi connectivity index (χ4n) is 2.95. The van der Waals surface area contributed by atoms with E-state index in [1.54, 1.807) is 23.9 Å². The smallest absolute Gasteiger partial charge is 0.342 e. The minimum Gasteiger partial charge on any atom is -0.443 e. The first-order valence-corrected chi connectivity index (χ1v) is 8.45. The van der Waals surface area contributed by atoms with Gasteiger partial charge in [0.1, 0.15) is 5.75 Å². The van der Waals surface area contributed by atoms with E-state index in [2.05, 4.69) is 6.58 Å². The van der Waals surface area contributed by atoms with Crippen LogP contribution in [0.25, 0.3) is 12.2 Å². The van der Waals surface area contributed by atoms with Crippen molar-refractivity contribution in [3.8, 4) is 5.75 Å². The van der Waals surface area contributed by atoms with Gasteiger partial charge in [-0.15, -0.1) is 11.8 Å². The predicted molar refractivity (Wildman–Crippen MR) is 91.5 cm³/mol. The van der Waals surface area contributed by atoms with Crippen LogP contribution in [0.5, 0.6) is 5.75 Å². The Kier molecular flexibility index (Phi) is 3.10. The Morgan fingerprint density at radius 2 is 2.04 bits per heavy atom. The molecule has 0 saturated heterocycles. The fourth-order valence-corrected chi connectivity index (χ4v) is 3.54. The molecule has 2 aromatic carbocycles. The number of fused-ring (bicyclic) bond motifs is 3. The molecule has 1 spiro atoms. The average molecular weight is 322 g/mol. The Labute approximate surface area is 138 Å². The molecule has 0 aromatic heterocycles. The number of hydrogen-bond acceptors (Lipinski definition) is 4. The second-order valence-electron chi connectivity index (χ2n) is 5.38. The van der Waals surface area contributed by atoms with Gasteiger partial charge in [-0.3, -0.25) is 0 Å². The summed E-state index contributed by atoms with van der Waals surface area (Å²) in [4.78, 5) is 13.1. The third-order valence-corrected chi connectivity index (χ3v) is 4.81. The molecule has 114 valence electrons. The molecule has 0 amide bonds. The second kappa shape index (κ2) is 5.03. The third-order valence-electron chi connectivity index (χ3n) is 4.06. The van der Waals surface area contributed by atoms with Gasteiger partial charge >= 0.3 is 11.8 Å². The highest BCUT2D eigenvalue weighted by molar-refractivity contribution is 7.98. The van der Waals surface area contributed by atoms with Crippen molar-refractivity contribution in [3.05, 3.63) is 71.3 Å². The Morgan fingerprint density at radius 1 is 1.22 bits per heavy atom. The molecule has 0 N–H and O–H groups in total. The second-order valence-corrected chi connectivity index (χ2v) is 6.23. The number of rotatable bonds is 2. The van der Waals surface area contributed by atoms with Gasteiger partial charge in [-0.2, -0.15) is 0 Å². The average Bonchev–Trinajstić information content (AvgIpc) is 2.86. The van der Waals surface area contributed by atoms with Crippen molar-refractivity contribution in [1.82, 2.24) is 0 Å². The van der Waals surface area contributed by atoms with Crippen molar-refractivity contribution in [3.63, 3.8) is 0 Å². The van der Waals surface area contributed by atoms with Crippen molar-refractivity contribution < 1.29 is 14.3 Å². The highest BCUT2D eigenvalue weighted by Crippen LogP contribution is 2.47. The molecule has 2 aliphatic rings. The van der Waals surface area contributed by atoms with Crippen LogP contribution in [0, 0.1) is 0 Å². The molecule has 3 nitrogen and oxygen atoms in total. The zero-order valence-corrected chi connectivity index (χ0v) is 13.4. The fraction of sp³-hybridized carbons (Fsp3) is 0.105. The molecular weight excluding hydrogens is 308 g/mol. The molecule has 0 bridgehead atoms. The minimum atomic E-state index is -1.17. The molecule has 2 heterocycles. The summed E-state index contributed by atoms with van der Waals surface area (Å²) in [5, 5.41) is 0. The van der Waals surface area contributed by atoms with E-state index in [1.165, 1.54) is 0 Å². The molecule has 1 atom stereocenters. The first-order chi connectivity index (χ1) is 11.2. The van der Waals surface area contributed by atoms with Crippen LogP contribution < -0.4 is 4.74 Å². The van der Waals surface area contributed by atoms with Gasteiger partial charge in [0.25, 0.3) is 0 Å². The minimum absolute atomic E-state index is 0.359. The first kappa shape index (κ1) is 14.2. The van der Waals surface area contributed by atoms with Crippen LogP contribution in [0.1, 0.15) is 27.0 Å². The zero-order valence-electron chi connectivity index (χ0n) is 12.5. The lowest BCUT2D eigenvalue weighted by Crippen LogP contribution is -2.33. The van der Waals surface area contributed by atoms with Crippen LogP contribution in [-0.2, 0) is 10.5 Å². The van der Waals surface area contributed by atoms with Crippen LogP contribution >= 0.6 is 11.8 Å². The Balaban J connectivity index is 1.88. The van der Waals surface area contributed by atoms with Crippen LogP contribution in [0.3, 0.4) is 0 Å². The summed E-state index contributed by atoms with van der Waals surface area (Å²) >= 11 is 1.59. The van der Waals surface area contributed by atoms with E-state index < -0.39 is 5.79 Å². The van der Waals surface area contributed by atoms with Crippen molar-refractivity contribution in [1.29, 1.82) is 0 Å². The predicted octanol–water partition coefficient (Wildman–Crippen LogP) is 4.48. The number of esters is 1. The lowest BCUT2D eigenvalue weighted by atomic mass is 9.98. The van der Waals surface area contributed by atoms with E-state index in [0.717, 1.165) is 27.3 Å². The molecule has 0 saturated carbocycles. The summed E-state index contributed by atoms with van der Waals surface area (Å²) in [6, 6.07) is 11.4. The number of carbonyl (C=O) groups is 1. The summed E-state index contributed by atoms with van der Waals surface area (Å²) in [6.45, 7) is 3.82. The van der Waals surface area contributed by atoms with Gasteiger partial charge in [-0.1, -0.05) is 24.8 Å². The summed E-state index contributed by atoms with van der Waals surface area (Å²) in [5.74, 6) is -0.793. The highest BCUT2D eigenvalue weighted by Gasteiger charge is 2.48. The van der Waals surface area contributed by atoms with Gasteiger partial charge in [-0.25, -0.2) is 4.79 Å². The van der Waals surface area contributed by atoms with E-state index in [9.17, 15) is 4.79 Å². The van der Waals surface area contributed by atoms with Crippen LogP contribution in [-0.4, -0.2) is 12.2 Å². The molecule has 4 rings (SSSR count). The van der Waals surface area contributed by atoms with Crippen molar-refractivity contribution >= 4 is 29.9 Å². The van der Waals surface area contributed by atoms with Crippen LogP contribution in [0.15, 0.2) is 53.9 Å². The maximum atomic E-state index is 12.2. The van der Waals surface area contributed by atoms with Gasteiger partial charge < -0.3 is 9.47 Å². The molecular formula is C19H14O3S. The maximum absolute atomic E-state index is 12.2. The topological polar surface area (TPSA) is 35.5 Å². The maximum Gasteiger partial charge on any atom is 0.342 e. The quantitative estimate of drug-likeness (QED) is 0.603. The molecule has 2 aliphatic heterocycles. The highest BCUT2D eigenvalue weighted by atomic mass is 32.2. The first-order valence-electron chi connectivity index (χ1n) is 7.22. The van der Waals surface area contributed by atoms with Gasteiger partial charge in [-0.05, 0) is 42.2 Å². The van der Waals surface area contributed by atoms with E-state index in [-0.39, 0.29) is 5.97 Å². The Bertz CT molecular complexity index is 869. The summed E-state index contributed by atoms with van der Waals surface area (Å²) < 4.78 is 11.8. The number of carbonyl (C=O) groups excluding carboxylic acids is 1. The van der Waals surface area contributed by atoms with E-state index in [4.69, 9.17) is 9.47 Å². The molecule has 4 heteroatoms. The van der Waals surface area contributed by atoms with Crippen LogP contribution in [0.4, 0.5) is 0 Å². The monoisotopic (exact) mass is 322 g/mol. The molecule has 0 aliphatic carbocycles. The van der Waals surface area contributed by atoms with Crippen molar-refractivity contribution in [2.24, 2.45) is 0 Å². The van der Waals surface area contributed by atoms with Crippen molar-refractivity contribution in [2.45, 2.75) is 10.7 Å². The normalized spacial score (nSPS) is 20.7. The van der Waals surface area contributed by atoms with E-state index in [0.29, 0.717) is 5.56 Å².